The van der Waals surface area contributed by atoms with Gasteiger partial charge in [0, 0.05) is 31.3 Å². The molecule has 8 nitrogen and oxygen atoms in total. The summed E-state index contributed by atoms with van der Waals surface area (Å²) in [6.45, 7) is 0. The number of benzene rings is 1. The number of nitrogens with one attached hydrogen (secondary N) is 2. The Kier molecular flexibility index (Phi) is 4.00. The molecule has 1 aliphatic rings. The van der Waals surface area contributed by atoms with Gasteiger partial charge in [-0.1, -0.05) is 18.2 Å². The van der Waals surface area contributed by atoms with Gasteiger partial charge in [-0.2, -0.15) is 10.2 Å². The van der Waals surface area contributed by atoms with Crippen molar-refractivity contribution in [1.82, 2.24) is 19.6 Å². The lowest BCUT2D eigenvalue weighted by Crippen LogP contribution is -2.16. The number of nitrogens with zero attached hydrogens (tertiary/aromatic N) is 4. The molecular formula is C18H18N6O2. The van der Waals surface area contributed by atoms with Crippen LogP contribution in [0.15, 0.2) is 48.7 Å². The normalized spacial score (nSPS) is 13.4. The van der Waals surface area contributed by atoms with E-state index in [1.807, 2.05) is 30.3 Å². The maximum atomic E-state index is 12.5. The number of rotatable bonds is 5. The Balaban J connectivity index is 1.63. The Morgan fingerprint density at radius 1 is 1.08 bits per heavy atom. The van der Waals surface area contributed by atoms with Crippen LogP contribution in [-0.2, 0) is 11.8 Å². The van der Waals surface area contributed by atoms with Crippen LogP contribution in [0.1, 0.15) is 23.3 Å². The number of hydrogen-bond acceptors (Lipinski definition) is 4. The van der Waals surface area contributed by atoms with Crippen LogP contribution in [0, 0.1) is 5.92 Å². The minimum Gasteiger partial charge on any atom is -0.310 e. The third-order valence-corrected chi connectivity index (χ3v) is 4.10. The molecule has 2 amide bonds. The van der Waals surface area contributed by atoms with Gasteiger partial charge in [-0.25, -0.2) is 4.68 Å². The second-order valence-electron chi connectivity index (χ2n) is 6.25. The highest BCUT2D eigenvalue weighted by atomic mass is 16.2. The van der Waals surface area contributed by atoms with Crippen LogP contribution >= 0.6 is 0 Å². The lowest BCUT2D eigenvalue weighted by atomic mass is 10.3. The summed E-state index contributed by atoms with van der Waals surface area (Å²) in [4.78, 5) is 24.7. The molecule has 1 fully saturated rings. The Bertz CT molecular complexity index is 955. The molecule has 8 heteroatoms. The highest BCUT2D eigenvalue weighted by Gasteiger charge is 2.30. The second-order valence-corrected chi connectivity index (χ2v) is 6.25. The maximum Gasteiger partial charge on any atom is 0.277 e. The van der Waals surface area contributed by atoms with Crippen molar-refractivity contribution in [2.24, 2.45) is 13.0 Å². The van der Waals surface area contributed by atoms with Gasteiger partial charge in [0.1, 0.15) is 5.82 Å². The van der Waals surface area contributed by atoms with Crippen molar-refractivity contribution in [3.63, 3.8) is 0 Å². The number of aryl methyl sites for hydroxylation is 1. The lowest BCUT2D eigenvalue weighted by molar-refractivity contribution is -0.117. The number of amides is 2. The maximum absolute atomic E-state index is 12.5. The van der Waals surface area contributed by atoms with Crippen molar-refractivity contribution in [1.29, 1.82) is 0 Å². The fraction of sp³-hybridized carbons (Fsp3) is 0.222. The van der Waals surface area contributed by atoms with E-state index >= 15 is 0 Å². The molecule has 1 aromatic carbocycles. The SMILES string of the molecule is Cn1ccc(NC(=O)c2cc(NC(=O)C3CC3)n(-c3ccccc3)n2)n1. The van der Waals surface area contributed by atoms with Crippen LogP contribution in [-0.4, -0.2) is 31.4 Å². The molecular weight excluding hydrogens is 332 g/mol. The molecule has 0 atom stereocenters. The van der Waals surface area contributed by atoms with Crippen LogP contribution < -0.4 is 10.6 Å². The van der Waals surface area contributed by atoms with Gasteiger partial charge >= 0.3 is 0 Å². The molecule has 26 heavy (non-hydrogen) atoms. The first-order valence-corrected chi connectivity index (χ1v) is 8.37. The van der Waals surface area contributed by atoms with Crippen LogP contribution in [0.2, 0.25) is 0 Å². The van der Waals surface area contributed by atoms with Gasteiger partial charge in [0.25, 0.3) is 5.91 Å². The van der Waals surface area contributed by atoms with Crippen LogP contribution in [0.5, 0.6) is 0 Å². The van der Waals surface area contributed by atoms with Crippen molar-refractivity contribution < 1.29 is 9.59 Å². The number of carbonyl (C=O) groups excluding carboxylic acids is 2. The van der Waals surface area contributed by atoms with E-state index in [1.54, 1.807) is 34.7 Å². The van der Waals surface area contributed by atoms with E-state index in [0.29, 0.717) is 11.6 Å². The lowest BCUT2D eigenvalue weighted by Gasteiger charge is -2.08. The minimum atomic E-state index is -0.389. The topological polar surface area (TPSA) is 93.8 Å². The quantitative estimate of drug-likeness (QED) is 0.738. The molecule has 0 unspecified atom stereocenters. The zero-order valence-corrected chi connectivity index (χ0v) is 14.2. The van der Waals surface area contributed by atoms with E-state index in [-0.39, 0.29) is 23.4 Å². The van der Waals surface area contributed by atoms with Gasteiger partial charge in [0.15, 0.2) is 11.5 Å². The molecule has 132 valence electrons. The molecule has 0 saturated heterocycles. The smallest absolute Gasteiger partial charge is 0.277 e. The first-order valence-electron chi connectivity index (χ1n) is 8.37. The van der Waals surface area contributed by atoms with Gasteiger partial charge in [0.2, 0.25) is 5.91 Å². The summed E-state index contributed by atoms with van der Waals surface area (Å²) in [5.41, 5.74) is 0.959. The number of hydrogen-bond donors (Lipinski definition) is 2. The van der Waals surface area contributed by atoms with Crippen LogP contribution in [0.4, 0.5) is 11.6 Å². The van der Waals surface area contributed by atoms with E-state index in [4.69, 9.17) is 0 Å². The number of para-hydroxylation sites is 1. The van der Waals surface area contributed by atoms with E-state index in [2.05, 4.69) is 20.8 Å². The number of anilines is 2. The van der Waals surface area contributed by atoms with Gasteiger partial charge < -0.3 is 10.6 Å². The summed E-state index contributed by atoms with van der Waals surface area (Å²) in [5, 5.41) is 14.1. The molecule has 0 bridgehead atoms. The van der Waals surface area contributed by atoms with E-state index < -0.39 is 0 Å². The summed E-state index contributed by atoms with van der Waals surface area (Å²) in [5.74, 6) is 0.536. The van der Waals surface area contributed by atoms with E-state index in [1.165, 1.54) is 0 Å². The first kappa shape index (κ1) is 16.1. The van der Waals surface area contributed by atoms with Gasteiger partial charge in [-0.15, -0.1) is 0 Å². The predicted molar refractivity (Wildman–Crippen MR) is 96.1 cm³/mol. The fourth-order valence-corrected chi connectivity index (χ4v) is 2.58. The Labute approximate surface area is 149 Å². The third-order valence-electron chi connectivity index (χ3n) is 4.10. The summed E-state index contributed by atoms with van der Waals surface area (Å²) in [7, 11) is 1.77. The molecule has 1 saturated carbocycles. The zero-order valence-electron chi connectivity index (χ0n) is 14.2. The van der Waals surface area contributed by atoms with Crippen LogP contribution in [0.3, 0.4) is 0 Å². The van der Waals surface area contributed by atoms with Gasteiger partial charge in [-0.05, 0) is 25.0 Å². The van der Waals surface area contributed by atoms with Gasteiger partial charge in [0.05, 0.1) is 5.69 Å². The summed E-state index contributed by atoms with van der Waals surface area (Å²) < 4.78 is 3.16. The van der Waals surface area contributed by atoms with Crippen molar-refractivity contribution in [2.75, 3.05) is 10.6 Å². The minimum absolute atomic E-state index is 0.0428. The molecule has 1 aliphatic carbocycles. The number of aromatic nitrogens is 4. The molecule has 2 aromatic heterocycles. The summed E-state index contributed by atoms with van der Waals surface area (Å²) in [6, 6.07) is 12.6. The summed E-state index contributed by atoms with van der Waals surface area (Å²) >= 11 is 0. The van der Waals surface area contributed by atoms with E-state index in [0.717, 1.165) is 18.5 Å². The first-order chi connectivity index (χ1) is 12.6. The van der Waals surface area contributed by atoms with Crippen molar-refractivity contribution in [3.8, 4) is 5.69 Å². The third kappa shape index (κ3) is 3.34. The monoisotopic (exact) mass is 350 g/mol. The average Bonchev–Trinajstić information content (AvgIpc) is 3.30. The van der Waals surface area contributed by atoms with Crippen molar-refractivity contribution >= 4 is 23.5 Å². The standard InChI is InChI=1S/C18H18N6O2/c1-23-10-9-15(22-23)19-18(26)14-11-16(20-17(25)12-7-8-12)24(21-14)13-5-3-2-4-6-13/h2-6,9-12H,7-8H2,1H3,(H,20,25)(H,19,22,26). The van der Waals surface area contributed by atoms with Gasteiger partial charge in [-0.3, -0.25) is 14.3 Å². The summed E-state index contributed by atoms with van der Waals surface area (Å²) in [6.07, 6.45) is 3.54. The van der Waals surface area contributed by atoms with Crippen LogP contribution in [0.25, 0.3) is 5.69 Å². The second kappa shape index (κ2) is 6.47. The Morgan fingerprint density at radius 2 is 1.85 bits per heavy atom. The fourth-order valence-electron chi connectivity index (χ4n) is 2.58. The molecule has 2 N–H and O–H groups in total. The molecule has 0 spiro atoms. The molecule has 3 aromatic rings. The Morgan fingerprint density at radius 3 is 2.50 bits per heavy atom. The highest BCUT2D eigenvalue weighted by molar-refractivity contribution is 6.03. The van der Waals surface area contributed by atoms with Crippen molar-refractivity contribution in [3.05, 3.63) is 54.4 Å². The Hall–Kier alpha value is -3.42. The molecule has 0 radical (unpaired) electrons. The van der Waals surface area contributed by atoms with Crippen molar-refractivity contribution in [2.45, 2.75) is 12.8 Å². The average molecular weight is 350 g/mol. The molecule has 0 aliphatic heterocycles. The highest BCUT2D eigenvalue weighted by Crippen LogP contribution is 2.30. The molecule has 4 rings (SSSR count). The predicted octanol–water partition coefficient (Wildman–Crippen LogP) is 2.21. The van der Waals surface area contributed by atoms with E-state index in [9.17, 15) is 9.59 Å². The largest absolute Gasteiger partial charge is 0.310 e. The zero-order chi connectivity index (χ0) is 18.1. The number of carbonyl (C=O) groups is 2. The molecule has 2 heterocycles.